The fraction of sp³-hybridized carbons (Fsp3) is 0.353. The fourth-order valence-electron chi connectivity index (χ4n) is 2.51. The Balaban J connectivity index is 1.66. The van der Waals surface area contributed by atoms with Crippen LogP contribution in [0.4, 0.5) is 4.39 Å². The summed E-state index contributed by atoms with van der Waals surface area (Å²) in [5.41, 5.74) is 5.89. The Labute approximate surface area is 138 Å². The van der Waals surface area contributed by atoms with Crippen molar-refractivity contribution in [2.45, 2.75) is 35.3 Å². The molecule has 0 spiro atoms. The molecule has 1 aliphatic heterocycles. The normalized spacial score (nSPS) is 17.3. The summed E-state index contributed by atoms with van der Waals surface area (Å²) >= 11 is 1.29. The van der Waals surface area contributed by atoms with Gasteiger partial charge >= 0.3 is 0 Å². The standard InChI is InChI=1S/C17H19FN2O2S/c1-17(19)7-9-20(10-8-17)16(21)14-5-6-15(22-14)23-13-4-2-3-12(18)11-13/h2-6,11H,7-10,19H2,1H3. The molecule has 0 radical (unpaired) electrons. The molecule has 4 nitrogen and oxygen atoms in total. The highest BCUT2D eigenvalue weighted by Crippen LogP contribution is 2.30. The zero-order valence-electron chi connectivity index (χ0n) is 12.9. The van der Waals surface area contributed by atoms with Crippen molar-refractivity contribution < 1.29 is 13.6 Å². The number of likely N-dealkylation sites (tertiary alicyclic amines) is 1. The minimum atomic E-state index is -0.295. The number of rotatable bonds is 3. The summed E-state index contributed by atoms with van der Waals surface area (Å²) in [7, 11) is 0. The van der Waals surface area contributed by atoms with Gasteiger partial charge in [-0.3, -0.25) is 4.79 Å². The van der Waals surface area contributed by atoms with Crippen LogP contribution in [0.2, 0.25) is 0 Å². The molecule has 0 bridgehead atoms. The lowest BCUT2D eigenvalue weighted by atomic mass is 9.91. The average Bonchev–Trinajstić information content (AvgIpc) is 2.95. The van der Waals surface area contributed by atoms with Crippen molar-refractivity contribution in [1.29, 1.82) is 0 Å². The summed E-state index contributed by atoms with van der Waals surface area (Å²) in [6.07, 6.45) is 1.56. The zero-order chi connectivity index (χ0) is 16.4. The Morgan fingerprint density at radius 1 is 1.30 bits per heavy atom. The van der Waals surface area contributed by atoms with Crippen LogP contribution in [0.5, 0.6) is 0 Å². The average molecular weight is 334 g/mol. The number of piperidine rings is 1. The van der Waals surface area contributed by atoms with Crippen molar-refractivity contribution in [2.24, 2.45) is 5.73 Å². The third-order valence-corrected chi connectivity index (χ3v) is 4.91. The van der Waals surface area contributed by atoms with E-state index in [4.69, 9.17) is 10.2 Å². The number of nitrogens with two attached hydrogens (primary N) is 1. The summed E-state index contributed by atoms with van der Waals surface area (Å²) < 4.78 is 18.8. The van der Waals surface area contributed by atoms with Crippen molar-refractivity contribution in [2.75, 3.05) is 13.1 Å². The first-order chi connectivity index (χ1) is 10.9. The van der Waals surface area contributed by atoms with Crippen LogP contribution >= 0.6 is 11.8 Å². The molecular formula is C17H19FN2O2S. The molecule has 122 valence electrons. The number of amides is 1. The quantitative estimate of drug-likeness (QED) is 0.933. The zero-order valence-corrected chi connectivity index (χ0v) is 13.7. The van der Waals surface area contributed by atoms with Gasteiger partial charge < -0.3 is 15.1 Å². The van der Waals surface area contributed by atoms with E-state index in [1.807, 2.05) is 6.92 Å². The van der Waals surface area contributed by atoms with E-state index in [2.05, 4.69) is 0 Å². The van der Waals surface area contributed by atoms with Gasteiger partial charge in [-0.2, -0.15) is 0 Å². The maximum Gasteiger partial charge on any atom is 0.289 e. The predicted octanol–water partition coefficient (Wildman–Crippen LogP) is 3.52. The summed E-state index contributed by atoms with van der Waals surface area (Å²) in [5.74, 6) is -0.105. The summed E-state index contributed by atoms with van der Waals surface area (Å²) in [4.78, 5) is 15.0. The Morgan fingerprint density at radius 3 is 2.74 bits per heavy atom. The first-order valence-corrected chi connectivity index (χ1v) is 8.36. The topological polar surface area (TPSA) is 59.5 Å². The lowest BCUT2D eigenvalue weighted by molar-refractivity contribution is 0.0643. The van der Waals surface area contributed by atoms with Gasteiger partial charge in [-0.25, -0.2) is 4.39 Å². The first-order valence-electron chi connectivity index (χ1n) is 7.54. The maximum absolute atomic E-state index is 13.2. The molecule has 6 heteroatoms. The highest BCUT2D eigenvalue weighted by atomic mass is 32.2. The van der Waals surface area contributed by atoms with Gasteiger partial charge in [0.25, 0.3) is 5.91 Å². The monoisotopic (exact) mass is 334 g/mol. The second kappa shape index (κ2) is 6.37. The molecule has 0 aliphatic carbocycles. The molecule has 2 N–H and O–H groups in total. The largest absolute Gasteiger partial charge is 0.444 e. The van der Waals surface area contributed by atoms with E-state index in [0.29, 0.717) is 23.9 Å². The molecule has 0 atom stereocenters. The van der Waals surface area contributed by atoms with Crippen LogP contribution < -0.4 is 5.73 Å². The fourth-order valence-corrected chi connectivity index (χ4v) is 3.33. The molecule has 1 amide bonds. The van der Waals surface area contributed by atoms with Crippen molar-refractivity contribution in [3.63, 3.8) is 0 Å². The molecule has 2 aromatic rings. The maximum atomic E-state index is 13.2. The van der Waals surface area contributed by atoms with Crippen LogP contribution in [-0.2, 0) is 0 Å². The third kappa shape index (κ3) is 3.95. The second-order valence-electron chi connectivity index (χ2n) is 6.12. The molecule has 2 heterocycles. The van der Waals surface area contributed by atoms with E-state index in [0.717, 1.165) is 17.7 Å². The van der Waals surface area contributed by atoms with Crippen molar-refractivity contribution >= 4 is 17.7 Å². The smallest absolute Gasteiger partial charge is 0.289 e. The molecule has 1 fully saturated rings. The third-order valence-electron chi connectivity index (χ3n) is 4.00. The van der Waals surface area contributed by atoms with Crippen molar-refractivity contribution in [3.05, 3.63) is 48.0 Å². The highest BCUT2D eigenvalue weighted by molar-refractivity contribution is 7.99. The van der Waals surface area contributed by atoms with Crippen molar-refractivity contribution in [1.82, 2.24) is 4.90 Å². The number of furan rings is 1. The van der Waals surface area contributed by atoms with E-state index in [1.54, 1.807) is 29.2 Å². The van der Waals surface area contributed by atoms with Crippen LogP contribution in [0.15, 0.2) is 50.8 Å². The van der Waals surface area contributed by atoms with Crippen LogP contribution in [0.25, 0.3) is 0 Å². The van der Waals surface area contributed by atoms with Crippen LogP contribution in [0.3, 0.4) is 0 Å². The molecule has 1 aromatic heterocycles. The van der Waals surface area contributed by atoms with Gasteiger partial charge in [0.05, 0.1) is 0 Å². The van der Waals surface area contributed by atoms with Crippen LogP contribution in [0, 0.1) is 5.82 Å². The summed E-state index contributed by atoms with van der Waals surface area (Å²) in [6, 6.07) is 9.67. The minimum absolute atomic E-state index is 0.119. The van der Waals surface area contributed by atoms with Gasteiger partial charge in [-0.05, 0) is 50.1 Å². The van der Waals surface area contributed by atoms with Gasteiger partial charge in [0.2, 0.25) is 0 Å². The lowest BCUT2D eigenvalue weighted by Crippen LogP contribution is -2.49. The van der Waals surface area contributed by atoms with Crippen LogP contribution in [-0.4, -0.2) is 29.4 Å². The van der Waals surface area contributed by atoms with Gasteiger partial charge in [0.15, 0.2) is 10.9 Å². The Hall–Kier alpha value is -1.79. The molecule has 1 aromatic carbocycles. The number of halogens is 1. The molecule has 0 saturated carbocycles. The van der Waals surface area contributed by atoms with E-state index >= 15 is 0 Å². The number of hydrogen-bond donors (Lipinski definition) is 1. The Kier molecular flexibility index (Phi) is 4.46. The highest BCUT2D eigenvalue weighted by Gasteiger charge is 2.29. The van der Waals surface area contributed by atoms with E-state index in [-0.39, 0.29) is 17.3 Å². The number of nitrogens with zero attached hydrogens (tertiary/aromatic N) is 1. The van der Waals surface area contributed by atoms with E-state index in [9.17, 15) is 9.18 Å². The lowest BCUT2D eigenvalue weighted by Gasteiger charge is -2.36. The Bertz CT molecular complexity index is 704. The molecule has 23 heavy (non-hydrogen) atoms. The predicted molar refractivity (Wildman–Crippen MR) is 87.0 cm³/mol. The minimum Gasteiger partial charge on any atom is -0.444 e. The second-order valence-corrected chi connectivity index (χ2v) is 7.20. The van der Waals surface area contributed by atoms with Crippen LogP contribution in [0.1, 0.15) is 30.3 Å². The number of benzene rings is 1. The van der Waals surface area contributed by atoms with Gasteiger partial charge in [0.1, 0.15) is 5.82 Å². The first kappa shape index (κ1) is 16.1. The SMILES string of the molecule is CC1(N)CCN(C(=O)c2ccc(Sc3cccc(F)c3)o2)CC1. The molecule has 1 saturated heterocycles. The number of hydrogen-bond acceptors (Lipinski definition) is 4. The number of carbonyl (C=O) groups excluding carboxylic acids is 1. The van der Waals surface area contributed by atoms with Gasteiger partial charge in [-0.15, -0.1) is 0 Å². The number of carbonyl (C=O) groups is 1. The molecule has 3 rings (SSSR count). The molecular weight excluding hydrogens is 315 g/mol. The van der Waals surface area contributed by atoms with Crippen molar-refractivity contribution in [3.8, 4) is 0 Å². The Morgan fingerprint density at radius 2 is 2.04 bits per heavy atom. The molecule has 0 unspecified atom stereocenters. The summed E-state index contributed by atoms with van der Waals surface area (Å²) in [6.45, 7) is 3.28. The van der Waals surface area contributed by atoms with Gasteiger partial charge in [-0.1, -0.05) is 17.8 Å². The van der Waals surface area contributed by atoms with E-state index < -0.39 is 0 Å². The molecule has 1 aliphatic rings. The summed E-state index contributed by atoms with van der Waals surface area (Å²) in [5, 5.41) is 0.569. The van der Waals surface area contributed by atoms with E-state index in [1.165, 1.54) is 23.9 Å². The van der Waals surface area contributed by atoms with Gasteiger partial charge in [0, 0.05) is 23.5 Å².